The SMILES string of the molecule is Cc1ccc(OC(=O)c2ccc(OC(=O)c3ccc([N+](=O)[O-])cc3)cc2)cc1. The Kier molecular flexibility index (Phi) is 5.45. The van der Waals surface area contributed by atoms with E-state index in [4.69, 9.17) is 9.47 Å². The first-order valence-electron chi connectivity index (χ1n) is 8.28. The summed E-state index contributed by atoms with van der Waals surface area (Å²) in [6.07, 6.45) is 0. The highest BCUT2D eigenvalue weighted by atomic mass is 16.6. The van der Waals surface area contributed by atoms with Gasteiger partial charge in [-0.1, -0.05) is 17.7 Å². The number of aryl methyl sites for hydroxylation is 1. The van der Waals surface area contributed by atoms with Crippen molar-refractivity contribution in [3.05, 3.63) is 99.6 Å². The van der Waals surface area contributed by atoms with E-state index in [1.54, 1.807) is 12.1 Å². The average Bonchev–Trinajstić information content (AvgIpc) is 2.70. The molecule has 0 N–H and O–H groups in total. The van der Waals surface area contributed by atoms with Gasteiger partial charge in [0, 0.05) is 12.1 Å². The Bertz CT molecular complexity index is 1010. The van der Waals surface area contributed by atoms with Crippen molar-refractivity contribution < 1.29 is 24.0 Å². The van der Waals surface area contributed by atoms with E-state index in [1.807, 2.05) is 19.1 Å². The number of ether oxygens (including phenoxy) is 2. The Hall–Kier alpha value is -4.00. The van der Waals surface area contributed by atoms with Crippen LogP contribution in [0.2, 0.25) is 0 Å². The van der Waals surface area contributed by atoms with Gasteiger partial charge < -0.3 is 9.47 Å². The molecule has 0 radical (unpaired) electrons. The molecule has 0 aliphatic heterocycles. The minimum absolute atomic E-state index is 0.118. The predicted molar refractivity (Wildman–Crippen MR) is 101 cm³/mol. The summed E-state index contributed by atoms with van der Waals surface area (Å²) in [5.74, 6) is -0.526. The lowest BCUT2D eigenvalue weighted by Gasteiger charge is -2.07. The highest BCUT2D eigenvalue weighted by Gasteiger charge is 2.13. The summed E-state index contributed by atoms with van der Waals surface area (Å²) in [6, 6.07) is 18.0. The maximum atomic E-state index is 12.2. The van der Waals surface area contributed by atoms with E-state index in [1.165, 1.54) is 48.5 Å². The van der Waals surface area contributed by atoms with Crippen molar-refractivity contribution in [1.29, 1.82) is 0 Å². The number of nitro groups is 1. The summed E-state index contributed by atoms with van der Waals surface area (Å²) in [5, 5.41) is 10.6. The normalized spacial score (nSPS) is 10.2. The summed E-state index contributed by atoms with van der Waals surface area (Å²) in [7, 11) is 0. The van der Waals surface area contributed by atoms with Crippen LogP contribution in [0.15, 0.2) is 72.8 Å². The molecule has 0 aliphatic rings. The van der Waals surface area contributed by atoms with E-state index >= 15 is 0 Å². The van der Waals surface area contributed by atoms with Gasteiger partial charge in [-0.25, -0.2) is 9.59 Å². The molecule has 3 rings (SSSR count). The van der Waals surface area contributed by atoms with E-state index < -0.39 is 16.9 Å². The van der Waals surface area contributed by atoms with Crippen LogP contribution >= 0.6 is 0 Å². The van der Waals surface area contributed by atoms with Crippen molar-refractivity contribution in [3.63, 3.8) is 0 Å². The van der Waals surface area contributed by atoms with Gasteiger partial charge in [0.2, 0.25) is 0 Å². The smallest absolute Gasteiger partial charge is 0.343 e. The number of carbonyl (C=O) groups excluding carboxylic acids is 2. The van der Waals surface area contributed by atoms with Gasteiger partial charge >= 0.3 is 11.9 Å². The van der Waals surface area contributed by atoms with Crippen LogP contribution in [0, 0.1) is 17.0 Å². The first-order chi connectivity index (χ1) is 13.4. The van der Waals surface area contributed by atoms with Crippen molar-refractivity contribution >= 4 is 17.6 Å². The third kappa shape index (κ3) is 4.59. The van der Waals surface area contributed by atoms with E-state index in [9.17, 15) is 19.7 Å². The molecule has 0 aliphatic carbocycles. The summed E-state index contributed by atoms with van der Waals surface area (Å²) in [4.78, 5) is 34.3. The lowest BCUT2D eigenvalue weighted by Crippen LogP contribution is -2.10. The Balaban J connectivity index is 1.63. The molecule has 28 heavy (non-hydrogen) atoms. The standard InChI is InChI=1S/C21H15NO6/c1-14-2-10-18(11-3-14)27-21(24)16-6-12-19(13-7-16)28-20(23)15-4-8-17(9-5-15)22(25)26/h2-13H,1H3. The largest absolute Gasteiger partial charge is 0.423 e. The van der Waals surface area contributed by atoms with E-state index in [2.05, 4.69) is 0 Å². The zero-order valence-electron chi connectivity index (χ0n) is 14.8. The molecule has 140 valence electrons. The van der Waals surface area contributed by atoms with Crippen molar-refractivity contribution in [2.24, 2.45) is 0 Å². The molecule has 0 atom stereocenters. The van der Waals surface area contributed by atoms with Crippen LogP contribution in [0.1, 0.15) is 26.3 Å². The van der Waals surface area contributed by atoms with Crippen molar-refractivity contribution in [2.45, 2.75) is 6.92 Å². The molecule has 0 saturated carbocycles. The van der Waals surface area contributed by atoms with E-state index in [-0.39, 0.29) is 17.0 Å². The summed E-state index contributed by atoms with van der Waals surface area (Å²) in [5.41, 5.74) is 1.41. The molecule has 0 fully saturated rings. The molecular formula is C21H15NO6. The minimum atomic E-state index is -0.662. The molecule has 7 nitrogen and oxygen atoms in total. The van der Waals surface area contributed by atoms with Crippen molar-refractivity contribution in [2.75, 3.05) is 0 Å². The minimum Gasteiger partial charge on any atom is -0.423 e. The Labute approximate surface area is 160 Å². The lowest BCUT2D eigenvalue weighted by molar-refractivity contribution is -0.384. The highest BCUT2D eigenvalue weighted by molar-refractivity contribution is 5.92. The maximum absolute atomic E-state index is 12.2. The average molecular weight is 377 g/mol. The maximum Gasteiger partial charge on any atom is 0.343 e. The van der Waals surface area contributed by atoms with Gasteiger partial charge in [0.15, 0.2) is 0 Å². The Morgan fingerprint density at radius 1 is 0.714 bits per heavy atom. The first-order valence-corrected chi connectivity index (χ1v) is 8.28. The second kappa shape index (κ2) is 8.13. The Morgan fingerprint density at radius 3 is 1.54 bits per heavy atom. The van der Waals surface area contributed by atoms with Gasteiger partial charge in [-0.2, -0.15) is 0 Å². The van der Waals surface area contributed by atoms with Gasteiger partial charge in [-0.3, -0.25) is 10.1 Å². The lowest BCUT2D eigenvalue weighted by atomic mass is 10.2. The topological polar surface area (TPSA) is 95.7 Å². The number of nitro benzene ring substituents is 1. The first kappa shape index (κ1) is 18.8. The van der Waals surface area contributed by atoms with Crippen LogP contribution in [0.3, 0.4) is 0 Å². The fraction of sp³-hybridized carbons (Fsp3) is 0.0476. The van der Waals surface area contributed by atoms with Gasteiger partial charge in [0.1, 0.15) is 11.5 Å². The molecule has 0 saturated heterocycles. The van der Waals surface area contributed by atoms with Crippen LogP contribution in [0.4, 0.5) is 5.69 Å². The van der Waals surface area contributed by atoms with Crippen LogP contribution in [0.5, 0.6) is 11.5 Å². The quantitative estimate of drug-likeness (QED) is 0.284. The zero-order chi connectivity index (χ0) is 20.1. The van der Waals surface area contributed by atoms with E-state index in [0.717, 1.165) is 5.56 Å². The number of nitrogens with zero attached hydrogens (tertiary/aromatic N) is 1. The van der Waals surface area contributed by atoms with Crippen LogP contribution < -0.4 is 9.47 Å². The monoisotopic (exact) mass is 377 g/mol. The second-order valence-electron chi connectivity index (χ2n) is 5.92. The fourth-order valence-corrected chi connectivity index (χ4v) is 2.32. The molecule has 0 aromatic heterocycles. The third-order valence-electron chi connectivity index (χ3n) is 3.85. The molecule has 0 spiro atoms. The molecule has 0 bridgehead atoms. The number of rotatable bonds is 5. The predicted octanol–water partition coefficient (Wildman–Crippen LogP) is 4.34. The molecular weight excluding hydrogens is 362 g/mol. The molecule has 0 unspecified atom stereocenters. The summed E-state index contributed by atoms with van der Waals surface area (Å²) < 4.78 is 10.5. The second-order valence-corrected chi connectivity index (χ2v) is 5.92. The van der Waals surface area contributed by atoms with Crippen LogP contribution in [-0.4, -0.2) is 16.9 Å². The number of hydrogen-bond acceptors (Lipinski definition) is 6. The molecule has 0 amide bonds. The zero-order valence-corrected chi connectivity index (χ0v) is 14.8. The van der Waals surface area contributed by atoms with Crippen molar-refractivity contribution in [3.8, 4) is 11.5 Å². The van der Waals surface area contributed by atoms with Crippen LogP contribution in [0.25, 0.3) is 0 Å². The summed E-state index contributed by atoms with van der Waals surface area (Å²) in [6.45, 7) is 1.93. The number of carbonyl (C=O) groups is 2. The third-order valence-corrected chi connectivity index (χ3v) is 3.85. The van der Waals surface area contributed by atoms with Gasteiger partial charge in [-0.05, 0) is 55.5 Å². The van der Waals surface area contributed by atoms with Gasteiger partial charge in [0.05, 0.1) is 16.1 Å². The van der Waals surface area contributed by atoms with Gasteiger partial charge in [-0.15, -0.1) is 0 Å². The number of esters is 2. The number of benzene rings is 3. The fourth-order valence-electron chi connectivity index (χ4n) is 2.32. The molecule has 0 heterocycles. The number of hydrogen-bond donors (Lipinski definition) is 0. The molecule has 7 heteroatoms. The molecule has 3 aromatic carbocycles. The molecule has 3 aromatic rings. The number of non-ortho nitro benzene ring substituents is 1. The van der Waals surface area contributed by atoms with Gasteiger partial charge in [0.25, 0.3) is 5.69 Å². The summed E-state index contributed by atoms with van der Waals surface area (Å²) >= 11 is 0. The van der Waals surface area contributed by atoms with Crippen molar-refractivity contribution in [1.82, 2.24) is 0 Å². The highest BCUT2D eigenvalue weighted by Crippen LogP contribution is 2.18. The van der Waals surface area contributed by atoms with E-state index in [0.29, 0.717) is 11.3 Å². The van der Waals surface area contributed by atoms with Crippen LogP contribution in [-0.2, 0) is 0 Å². The Morgan fingerprint density at radius 2 is 1.11 bits per heavy atom.